The summed E-state index contributed by atoms with van der Waals surface area (Å²) in [6.07, 6.45) is 3.96. The number of hydrogen-bond acceptors (Lipinski definition) is 4. The van der Waals surface area contributed by atoms with E-state index in [1.165, 1.54) is 0 Å². The summed E-state index contributed by atoms with van der Waals surface area (Å²) in [5.41, 5.74) is 3.37. The minimum absolute atomic E-state index is 0.418. The molecule has 2 heterocycles. The molecule has 0 aliphatic carbocycles. The van der Waals surface area contributed by atoms with Gasteiger partial charge in [-0.25, -0.2) is 0 Å². The molecular weight excluding hydrogens is 240 g/mol. The number of rotatable bonds is 5. The van der Waals surface area contributed by atoms with Crippen molar-refractivity contribution in [1.82, 2.24) is 10.3 Å². The van der Waals surface area contributed by atoms with Gasteiger partial charge in [0, 0.05) is 48.0 Å². The highest BCUT2D eigenvalue weighted by Gasteiger charge is 2.26. The van der Waals surface area contributed by atoms with Crippen molar-refractivity contribution in [2.75, 3.05) is 27.4 Å². The molecule has 1 aromatic rings. The summed E-state index contributed by atoms with van der Waals surface area (Å²) in [7, 11) is 3.74. The zero-order chi connectivity index (χ0) is 13.8. The van der Waals surface area contributed by atoms with Crippen LogP contribution < -0.4 is 10.1 Å². The maximum Gasteiger partial charge on any atom is 0.128 e. The Hall–Kier alpha value is -1.13. The Morgan fingerprint density at radius 3 is 2.89 bits per heavy atom. The van der Waals surface area contributed by atoms with E-state index in [9.17, 15) is 0 Å². The van der Waals surface area contributed by atoms with E-state index >= 15 is 0 Å². The predicted molar refractivity (Wildman–Crippen MR) is 75.7 cm³/mol. The first-order chi connectivity index (χ1) is 9.17. The molecule has 1 saturated heterocycles. The van der Waals surface area contributed by atoms with Gasteiger partial charge in [-0.1, -0.05) is 0 Å². The van der Waals surface area contributed by atoms with Crippen molar-refractivity contribution in [2.45, 2.75) is 32.7 Å². The van der Waals surface area contributed by atoms with Crippen LogP contribution in [-0.4, -0.2) is 38.4 Å². The zero-order valence-corrected chi connectivity index (χ0v) is 12.3. The summed E-state index contributed by atoms with van der Waals surface area (Å²) in [6.45, 7) is 5.86. The van der Waals surface area contributed by atoms with Crippen LogP contribution in [0.3, 0.4) is 0 Å². The number of aryl methyl sites for hydroxylation is 1. The van der Waals surface area contributed by atoms with E-state index in [2.05, 4.69) is 17.2 Å². The Labute approximate surface area is 115 Å². The molecular formula is C15H24N2O2. The highest BCUT2D eigenvalue weighted by atomic mass is 16.5. The molecule has 2 rings (SSSR count). The second kappa shape index (κ2) is 6.35. The van der Waals surface area contributed by atoms with Crippen molar-refractivity contribution in [1.29, 1.82) is 0 Å². The minimum Gasteiger partial charge on any atom is -0.496 e. The lowest BCUT2D eigenvalue weighted by Gasteiger charge is -2.23. The van der Waals surface area contributed by atoms with Gasteiger partial charge in [0.05, 0.1) is 13.7 Å². The highest BCUT2D eigenvalue weighted by molar-refractivity contribution is 5.41. The van der Waals surface area contributed by atoms with Gasteiger partial charge < -0.3 is 14.8 Å². The van der Waals surface area contributed by atoms with Crippen LogP contribution in [0.25, 0.3) is 0 Å². The van der Waals surface area contributed by atoms with Crippen LogP contribution in [0.4, 0.5) is 0 Å². The minimum atomic E-state index is 0.418. The molecule has 0 amide bonds. The first-order valence-electron chi connectivity index (χ1n) is 6.91. The van der Waals surface area contributed by atoms with Crippen molar-refractivity contribution in [3.8, 4) is 5.75 Å². The number of aromatic nitrogens is 1. The topological polar surface area (TPSA) is 43.4 Å². The highest BCUT2D eigenvalue weighted by Crippen LogP contribution is 2.26. The van der Waals surface area contributed by atoms with Crippen molar-refractivity contribution < 1.29 is 9.47 Å². The second-order valence-electron chi connectivity index (χ2n) is 5.27. The van der Waals surface area contributed by atoms with E-state index in [0.717, 1.165) is 48.6 Å². The Kier molecular flexibility index (Phi) is 4.77. The molecule has 4 nitrogen and oxygen atoms in total. The molecule has 0 aromatic carbocycles. The Morgan fingerprint density at radius 1 is 1.53 bits per heavy atom. The van der Waals surface area contributed by atoms with Crippen LogP contribution in [0.1, 0.15) is 23.2 Å². The molecule has 1 fully saturated rings. The molecule has 2 unspecified atom stereocenters. The van der Waals surface area contributed by atoms with E-state index in [0.29, 0.717) is 12.0 Å². The van der Waals surface area contributed by atoms with Gasteiger partial charge >= 0.3 is 0 Å². The number of methoxy groups -OCH3 is 1. The summed E-state index contributed by atoms with van der Waals surface area (Å²) in [4.78, 5) is 4.58. The fourth-order valence-electron chi connectivity index (χ4n) is 2.86. The van der Waals surface area contributed by atoms with E-state index in [1.54, 1.807) is 7.11 Å². The number of nitrogens with zero attached hydrogens (tertiary/aromatic N) is 1. The average molecular weight is 264 g/mol. The van der Waals surface area contributed by atoms with Gasteiger partial charge in [-0.15, -0.1) is 0 Å². The second-order valence-corrected chi connectivity index (χ2v) is 5.27. The number of pyridine rings is 1. The lowest BCUT2D eigenvalue weighted by molar-refractivity contribution is 0.177. The van der Waals surface area contributed by atoms with Crippen molar-refractivity contribution in [2.24, 2.45) is 5.92 Å². The SMILES string of the molecule is CNC(Cc1ncc(C)c(OC)c1C)C1CCOC1. The van der Waals surface area contributed by atoms with Crippen LogP contribution >= 0.6 is 0 Å². The molecule has 0 spiro atoms. The number of nitrogens with one attached hydrogen (secondary N) is 1. The maximum atomic E-state index is 5.49. The third-order valence-electron chi connectivity index (χ3n) is 4.07. The molecule has 19 heavy (non-hydrogen) atoms. The van der Waals surface area contributed by atoms with Gasteiger partial charge in [-0.2, -0.15) is 0 Å². The van der Waals surface area contributed by atoms with E-state index < -0.39 is 0 Å². The Bertz CT molecular complexity index is 428. The molecule has 0 saturated carbocycles. The van der Waals surface area contributed by atoms with Crippen LogP contribution in [0.2, 0.25) is 0 Å². The summed E-state index contributed by atoms with van der Waals surface area (Å²) in [6, 6.07) is 0.418. The molecule has 0 bridgehead atoms. The van der Waals surface area contributed by atoms with E-state index in [-0.39, 0.29) is 0 Å². The van der Waals surface area contributed by atoms with Crippen LogP contribution in [-0.2, 0) is 11.2 Å². The molecule has 1 aliphatic heterocycles. The van der Waals surface area contributed by atoms with E-state index in [1.807, 2.05) is 20.2 Å². The largest absolute Gasteiger partial charge is 0.496 e. The van der Waals surface area contributed by atoms with Gasteiger partial charge in [-0.3, -0.25) is 4.98 Å². The first kappa shape index (κ1) is 14.3. The fourth-order valence-corrected chi connectivity index (χ4v) is 2.86. The maximum absolute atomic E-state index is 5.49. The number of likely N-dealkylation sites (N-methyl/N-ethyl adjacent to an activating group) is 1. The molecule has 0 radical (unpaired) electrons. The van der Waals surface area contributed by atoms with Crippen LogP contribution in [0.15, 0.2) is 6.20 Å². The lowest BCUT2D eigenvalue weighted by atomic mass is 9.93. The smallest absolute Gasteiger partial charge is 0.128 e. The van der Waals surface area contributed by atoms with Crippen molar-refractivity contribution in [3.05, 3.63) is 23.0 Å². The predicted octanol–water partition coefficient (Wildman–Crippen LogP) is 1.87. The van der Waals surface area contributed by atoms with Crippen molar-refractivity contribution in [3.63, 3.8) is 0 Å². The Balaban J connectivity index is 2.17. The first-order valence-corrected chi connectivity index (χ1v) is 6.91. The van der Waals surface area contributed by atoms with Crippen LogP contribution in [0.5, 0.6) is 5.75 Å². The van der Waals surface area contributed by atoms with Crippen LogP contribution in [0, 0.1) is 19.8 Å². The fraction of sp³-hybridized carbons (Fsp3) is 0.667. The third kappa shape index (κ3) is 3.07. The molecule has 1 aromatic heterocycles. The summed E-state index contributed by atoms with van der Waals surface area (Å²) >= 11 is 0. The van der Waals surface area contributed by atoms with E-state index in [4.69, 9.17) is 9.47 Å². The molecule has 106 valence electrons. The molecule has 2 atom stereocenters. The van der Waals surface area contributed by atoms with Gasteiger partial charge in [0.2, 0.25) is 0 Å². The van der Waals surface area contributed by atoms with Crippen molar-refractivity contribution >= 4 is 0 Å². The van der Waals surface area contributed by atoms with Gasteiger partial charge in [0.1, 0.15) is 5.75 Å². The zero-order valence-electron chi connectivity index (χ0n) is 12.3. The molecule has 4 heteroatoms. The lowest BCUT2D eigenvalue weighted by Crippen LogP contribution is -2.36. The average Bonchev–Trinajstić information content (AvgIpc) is 2.92. The number of ether oxygens (including phenoxy) is 2. The standard InChI is InChI=1S/C15H24N2O2/c1-10-8-17-13(11(2)15(10)18-4)7-14(16-3)12-5-6-19-9-12/h8,12,14,16H,5-7,9H2,1-4H3. The monoisotopic (exact) mass is 264 g/mol. The Morgan fingerprint density at radius 2 is 2.32 bits per heavy atom. The quantitative estimate of drug-likeness (QED) is 0.882. The normalized spacial score (nSPS) is 20.5. The molecule has 1 N–H and O–H groups in total. The van der Waals surface area contributed by atoms with Gasteiger partial charge in [0.15, 0.2) is 0 Å². The van der Waals surface area contributed by atoms with Gasteiger partial charge in [0.25, 0.3) is 0 Å². The third-order valence-corrected chi connectivity index (χ3v) is 4.07. The summed E-state index contributed by atoms with van der Waals surface area (Å²) in [5.74, 6) is 1.54. The summed E-state index contributed by atoms with van der Waals surface area (Å²) in [5, 5.41) is 3.41. The molecule has 1 aliphatic rings. The van der Waals surface area contributed by atoms with Gasteiger partial charge in [-0.05, 0) is 27.3 Å². The number of hydrogen-bond donors (Lipinski definition) is 1. The summed E-state index contributed by atoms with van der Waals surface area (Å²) < 4.78 is 11.0.